The summed E-state index contributed by atoms with van der Waals surface area (Å²) < 4.78 is -0.284. The predicted molar refractivity (Wildman–Crippen MR) is 73.3 cm³/mol. The number of amides is 3. The van der Waals surface area contributed by atoms with Crippen LogP contribution in [-0.4, -0.2) is 53.4 Å². The van der Waals surface area contributed by atoms with Crippen molar-refractivity contribution in [1.82, 2.24) is 10.3 Å². The molecule has 1 aromatic rings. The third kappa shape index (κ3) is 5.49. The second-order valence-corrected chi connectivity index (χ2v) is 5.66. The number of nitrogens with one attached hydrogen (secondary N) is 1. The van der Waals surface area contributed by atoms with E-state index in [2.05, 4.69) is 10.3 Å². The fourth-order valence-electron chi connectivity index (χ4n) is 1.64. The molecule has 0 radical (unpaired) electrons. The number of aliphatic carboxylic acids is 1. The van der Waals surface area contributed by atoms with Crippen LogP contribution in [-0.2, 0) is 4.79 Å². The lowest BCUT2D eigenvalue weighted by Gasteiger charge is -2.28. The van der Waals surface area contributed by atoms with Crippen LogP contribution in [0.25, 0.3) is 0 Å². The van der Waals surface area contributed by atoms with Gasteiger partial charge in [0.15, 0.2) is 0 Å². The molecule has 0 bridgehead atoms. The van der Waals surface area contributed by atoms with Crippen molar-refractivity contribution in [1.29, 1.82) is 0 Å². The highest BCUT2D eigenvalue weighted by atomic mass is 35.5. The number of rotatable bonds is 5. The van der Waals surface area contributed by atoms with Gasteiger partial charge < -0.3 is 9.90 Å². The van der Waals surface area contributed by atoms with E-state index >= 15 is 0 Å². The van der Waals surface area contributed by atoms with Crippen LogP contribution in [0.5, 0.6) is 0 Å². The van der Waals surface area contributed by atoms with Crippen molar-refractivity contribution in [2.45, 2.75) is 11.8 Å². The van der Waals surface area contributed by atoms with Gasteiger partial charge in [-0.15, -0.1) is 11.6 Å². The molecule has 0 saturated carbocycles. The van der Waals surface area contributed by atoms with Gasteiger partial charge in [0, 0.05) is 24.8 Å². The molecule has 114 valence electrons. The zero-order valence-corrected chi connectivity index (χ0v) is 12.5. The predicted octanol–water partition coefficient (Wildman–Crippen LogP) is -0.245. The molecule has 0 aromatic carbocycles. The Bertz CT molecular complexity index is 533. The van der Waals surface area contributed by atoms with Crippen molar-refractivity contribution in [2.24, 2.45) is 0 Å². The fourth-order valence-corrected chi connectivity index (χ4v) is 2.11. The van der Waals surface area contributed by atoms with Gasteiger partial charge in [-0.3, -0.25) is 9.78 Å². The summed E-state index contributed by atoms with van der Waals surface area (Å²) in [5.41, 5.74) is 0.253. The highest BCUT2D eigenvalue weighted by Crippen LogP contribution is 2.09. The van der Waals surface area contributed by atoms with Gasteiger partial charge in [-0.05, 0) is 12.1 Å². The van der Waals surface area contributed by atoms with E-state index in [1.807, 2.05) is 0 Å². The number of hydrogen-bond donors (Lipinski definition) is 1. The van der Waals surface area contributed by atoms with E-state index in [-0.39, 0.29) is 23.0 Å². The molecule has 8 heteroatoms. The summed E-state index contributed by atoms with van der Waals surface area (Å²) in [6, 6.07) is 2.51. The molecular formula is C13H16ClN3O4. The van der Waals surface area contributed by atoms with Crippen LogP contribution in [0.3, 0.4) is 0 Å². The largest absolute Gasteiger partial charge is 0.550 e. The average Bonchev–Trinajstić information content (AvgIpc) is 2.37. The maximum Gasteiger partial charge on any atom is 0.423 e. The minimum absolute atomic E-state index is 0.0433. The SMILES string of the molecule is C[N+](C)(CC(Cl)CC(=O)[O-])C(=O)NC(=O)c1cccnc1. The number of hydrogen-bond acceptors (Lipinski definition) is 5. The maximum absolute atomic E-state index is 12.1. The maximum atomic E-state index is 12.1. The van der Waals surface area contributed by atoms with Crippen molar-refractivity contribution in [3.63, 3.8) is 0 Å². The second-order valence-electron chi connectivity index (χ2n) is 5.04. The molecular weight excluding hydrogens is 298 g/mol. The lowest BCUT2D eigenvalue weighted by Crippen LogP contribution is -2.55. The monoisotopic (exact) mass is 313 g/mol. The van der Waals surface area contributed by atoms with Gasteiger partial charge in [-0.2, -0.15) is 0 Å². The van der Waals surface area contributed by atoms with Crippen molar-refractivity contribution in [3.05, 3.63) is 30.1 Å². The Morgan fingerprint density at radius 2 is 2.10 bits per heavy atom. The summed E-state index contributed by atoms with van der Waals surface area (Å²) in [6.45, 7) is 0.0433. The number of carbonyl (C=O) groups is 3. The Hall–Kier alpha value is -1.99. The molecule has 1 aromatic heterocycles. The lowest BCUT2D eigenvalue weighted by molar-refractivity contribution is -0.808. The minimum atomic E-state index is -1.29. The molecule has 1 N–H and O–H groups in total. The van der Waals surface area contributed by atoms with Gasteiger partial charge in [0.05, 0.1) is 25.0 Å². The summed E-state index contributed by atoms with van der Waals surface area (Å²) in [4.78, 5) is 38.2. The molecule has 1 atom stereocenters. The Balaban J connectivity index is 2.64. The smallest absolute Gasteiger partial charge is 0.423 e. The summed E-state index contributed by atoms with van der Waals surface area (Å²) in [5.74, 6) is -1.87. The highest BCUT2D eigenvalue weighted by molar-refractivity contribution is 6.21. The van der Waals surface area contributed by atoms with Crippen molar-refractivity contribution < 1.29 is 24.0 Å². The zero-order chi connectivity index (χ0) is 16.0. The quantitative estimate of drug-likeness (QED) is 0.597. The van der Waals surface area contributed by atoms with Gasteiger partial charge in [0.1, 0.15) is 6.54 Å². The molecule has 0 fully saturated rings. The molecule has 3 amide bonds. The van der Waals surface area contributed by atoms with E-state index < -0.39 is 23.3 Å². The van der Waals surface area contributed by atoms with Crippen LogP contribution in [0.1, 0.15) is 16.8 Å². The van der Waals surface area contributed by atoms with Crippen LogP contribution in [0, 0.1) is 0 Å². The molecule has 0 spiro atoms. The number of carboxylic acid groups (broad SMARTS) is 1. The number of carbonyl (C=O) groups excluding carboxylic acids is 3. The van der Waals surface area contributed by atoms with Crippen molar-refractivity contribution in [3.8, 4) is 0 Å². The Kier molecular flexibility index (Phi) is 5.80. The van der Waals surface area contributed by atoms with Gasteiger partial charge in [0.2, 0.25) is 0 Å². The number of alkyl halides is 1. The van der Waals surface area contributed by atoms with Gasteiger partial charge in [0.25, 0.3) is 5.91 Å². The summed E-state index contributed by atoms with van der Waals surface area (Å²) in [7, 11) is 3.05. The zero-order valence-electron chi connectivity index (χ0n) is 11.7. The Labute approximate surface area is 127 Å². The number of aromatic nitrogens is 1. The van der Waals surface area contributed by atoms with Crippen molar-refractivity contribution >= 4 is 29.5 Å². The van der Waals surface area contributed by atoms with E-state index in [0.29, 0.717) is 0 Å². The summed E-state index contributed by atoms with van der Waals surface area (Å²) in [6.07, 6.45) is 2.48. The molecule has 7 nitrogen and oxygen atoms in total. The first kappa shape index (κ1) is 17.1. The molecule has 0 aliphatic rings. The van der Waals surface area contributed by atoms with E-state index in [9.17, 15) is 19.5 Å². The molecule has 0 saturated heterocycles. The first-order chi connectivity index (χ1) is 9.72. The average molecular weight is 314 g/mol. The Morgan fingerprint density at radius 3 is 2.62 bits per heavy atom. The fraction of sp³-hybridized carbons (Fsp3) is 0.385. The summed E-state index contributed by atoms with van der Waals surface area (Å²) >= 11 is 5.85. The third-order valence-electron chi connectivity index (χ3n) is 2.74. The van der Waals surface area contributed by atoms with Crippen LogP contribution >= 0.6 is 11.6 Å². The molecule has 1 unspecified atom stereocenters. The highest BCUT2D eigenvalue weighted by Gasteiger charge is 2.31. The number of pyridine rings is 1. The molecule has 1 rings (SSSR count). The first-order valence-corrected chi connectivity index (χ1v) is 6.59. The number of quaternary nitrogens is 1. The Morgan fingerprint density at radius 1 is 1.43 bits per heavy atom. The van der Waals surface area contributed by atoms with Crippen LogP contribution in [0.4, 0.5) is 4.79 Å². The van der Waals surface area contributed by atoms with Crippen LogP contribution in [0.2, 0.25) is 0 Å². The number of nitrogens with zero attached hydrogens (tertiary/aromatic N) is 2. The molecule has 0 aliphatic heterocycles. The normalized spacial score (nSPS) is 12.5. The van der Waals surface area contributed by atoms with E-state index in [0.717, 1.165) is 0 Å². The molecule has 21 heavy (non-hydrogen) atoms. The number of imide groups is 1. The standard InChI is InChI=1S/C13H16ClN3O4/c1-17(2,8-10(14)6-11(18)19)13(21)16-12(20)9-4-3-5-15-7-9/h3-5,7,10H,6,8H2,1-2H3,(H-,16,18,19,20,21). The van der Waals surface area contributed by atoms with E-state index in [1.165, 1.54) is 32.6 Å². The molecule has 1 heterocycles. The second kappa shape index (κ2) is 7.14. The van der Waals surface area contributed by atoms with E-state index in [4.69, 9.17) is 11.6 Å². The van der Waals surface area contributed by atoms with Gasteiger partial charge in [-0.25, -0.2) is 14.6 Å². The van der Waals surface area contributed by atoms with E-state index in [1.54, 1.807) is 6.07 Å². The van der Waals surface area contributed by atoms with Gasteiger partial charge >= 0.3 is 6.03 Å². The summed E-state index contributed by atoms with van der Waals surface area (Å²) in [5, 5.41) is 11.9. The minimum Gasteiger partial charge on any atom is -0.550 e. The van der Waals surface area contributed by atoms with Gasteiger partial charge in [-0.1, -0.05) is 0 Å². The van der Waals surface area contributed by atoms with Crippen LogP contribution in [0.15, 0.2) is 24.5 Å². The first-order valence-electron chi connectivity index (χ1n) is 6.15. The number of carboxylic acids is 1. The van der Waals surface area contributed by atoms with Crippen LogP contribution < -0.4 is 10.4 Å². The number of halogens is 1. The topological polar surface area (TPSA) is 99.2 Å². The third-order valence-corrected chi connectivity index (χ3v) is 3.03. The number of urea groups is 1. The van der Waals surface area contributed by atoms with Crippen molar-refractivity contribution in [2.75, 3.05) is 20.6 Å². The molecule has 0 aliphatic carbocycles. The lowest BCUT2D eigenvalue weighted by atomic mass is 10.2.